The molecule has 6 nitrogen and oxygen atoms in total. The summed E-state index contributed by atoms with van der Waals surface area (Å²) in [7, 11) is 1.47. The van der Waals surface area contributed by atoms with Gasteiger partial charge in [0.15, 0.2) is 11.7 Å². The first-order valence-corrected chi connectivity index (χ1v) is 9.63. The molecule has 1 fully saturated rings. The number of guanidine groups is 1. The van der Waals surface area contributed by atoms with Gasteiger partial charge in [-0.05, 0) is 26.2 Å². The normalized spacial score (nSPS) is 16.0. The summed E-state index contributed by atoms with van der Waals surface area (Å²) in [6.45, 7) is 3.78. The van der Waals surface area contributed by atoms with Crippen molar-refractivity contribution in [2.45, 2.75) is 64.3 Å². The molecule has 0 spiro atoms. The molecule has 0 atom stereocenters. The fourth-order valence-corrected chi connectivity index (χ4v) is 3.16. The van der Waals surface area contributed by atoms with E-state index in [1.54, 1.807) is 0 Å². The molecule has 0 aliphatic heterocycles. The van der Waals surface area contributed by atoms with Gasteiger partial charge in [-0.1, -0.05) is 19.3 Å². The van der Waals surface area contributed by atoms with Gasteiger partial charge >= 0.3 is 6.18 Å². The van der Waals surface area contributed by atoms with Crippen LogP contribution in [0.1, 0.15) is 56.7 Å². The first-order chi connectivity index (χ1) is 12.9. The second kappa shape index (κ2) is 12.5. The Balaban J connectivity index is 0.00000392. The molecule has 2 N–H and O–H groups in total. The number of aromatic nitrogens is 2. The summed E-state index contributed by atoms with van der Waals surface area (Å²) in [5.74, 6) is 0.493. The Labute approximate surface area is 181 Å². The lowest BCUT2D eigenvalue weighted by Gasteiger charge is -2.22. The Morgan fingerprint density at radius 1 is 1.29 bits per heavy atom. The van der Waals surface area contributed by atoms with E-state index in [0.717, 1.165) is 23.9 Å². The van der Waals surface area contributed by atoms with Crippen molar-refractivity contribution in [3.63, 3.8) is 0 Å². The average molecular weight is 517 g/mol. The first kappa shape index (κ1) is 25.0. The van der Waals surface area contributed by atoms with E-state index in [1.165, 1.54) is 32.5 Å². The summed E-state index contributed by atoms with van der Waals surface area (Å²) in [4.78, 5) is 4.26. The molecule has 0 bridgehead atoms. The molecule has 0 aromatic carbocycles. The van der Waals surface area contributed by atoms with E-state index in [-0.39, 0.29) is 36.1 Å². The highest BCUT2D eigenvalue weighted by atomic mass is 127. The monoisotopic (exact) mass is 517 g/mol. The number of aliphatic imine (C=N–C) groups is 1. The predicted octanol–water partition coefficient (Wildman–Crippen LogP) is 3.85. The maximum absolute atomic E-state index is 13.0. The fraction of sp³-hybridized carbons (Fsp3) is 0.778. The lowest BCUT2D eigenvalue weighted by atomic mass is 9.98. The lowest BCUT2D eigenvalue weighted by molar-refractivity contribution is -0.142. The minimum atomic E-state index is -4.48. The Bertz CT molecular complexity index is 601. The molecule has 1 aromatic heterocycles. The minimum absolute atomic E-state index is 0. The van der Waals surface area contributed by atoms with Crippen LogP contribution in [0.2, 0.25) is 0 Å². The van der Waals surface area contributed by atoms with Crippen molar-refractivity contribution in [2.75, 3.05) is 19.7 Å². The third-order valence-electron chi connectivity index (χ3n) is 4.44. The number of rotatable bonds is 8. The molecule has 28 heavy (non-hydrogen) atoms. The average Bonchev–Trinajstić information content (AvgIpc) is 3.01. The minimum Gasteiger partial charge on any atom is -0.378 e. The van der Waals surface area contributed by atoms with Gasteiger partial charge in [-0.15, -0.1) is 24.0 Å². The highest BCUT2D eigenvalue weighted by Crippen LogP contribution is 2.30. The van der Waals surface area contributed by atoms with E-state index in [9.17, 15) is 13.2 Å². The quantitative estimate of drug-likeness (QED) is 0.238. The summed E-state index contributed by atoms with van der Waals surface area (Å²) in [6, 6.07) is 0. The second-order valence-corrected chi connectivity index (χ2v) is 6.78. The van der Waals surface area contributed by atoms with Crippen molar-refractivity contribution in [1.29, 1.82) is 0 Å². The molecule has 0 amide bonds. The molecule has 2 rings (SSSR count). The smallest absolute Gasteiger partial charge is 0.378 e. The van der Waals surface area contributed by atoms with Crippen molar-refractivity contribution in [3.05, 3.63) is 17.5 Å². The number of aryl methyl sites for hydroxylation is 1. The summed E-state index contributed by atoms with van der Waals surface area (Å²) in [5.41, 5.74) is -0.826. The molecular formula is C18H31F3IN5O. The molecule has 162 valence electrons. The van der Waals surface area contributed by atoms with Crippen LogP contribution in [0.15, 0.2) is 11.2 Å². The zero-order chi connectivity index (χ0) is 19.7. The largest absolute Gasteiger partial charge is 0.435 e. The van der Waals surface area contributed by atoms with Gasteiger partial charge in [0.1, 0.15) is 0 Å². The van der Waals surface area contributed by atoms with Crippen LogP contribution in [-0.4, -0.2) is 41.5 Å². The van der Waals surface area contributed by atoms with E-state index < -0.39 is 11.9 Å². The Morgan fingerprint density at radius 3 is 2.64 bits per heavy atom. The van der Waals surface area contributed by atoms with Gasteiger partial charge in [-0.25, -0.2) is 4.99 Å². The Kier molecular flexibility index (Phi) is 11.2. The zero-order valence-corrected chi connectivity index (χ0v) is 18.8. The second-order valence-electron chi connectivity index (χ2n) is 6.78. The molecular weight excluding hydrogens is 486 g/mol. The van der Waals surface area contributed by atoms with E-state index in [2.05, 4.69) is 20.7 Å². The summed E-state index contributed by atoms with van der Waals surface area (Å²) < 4.78 is 46.1. The molecule has 0 saturated heterocycles. The molecule has 1 aromatic rings. The number of nitrogens with zero attached hydrogens (tertiary/aromatic N) is 3. The van der Waals surface area contributed by atoms with E-state index in [1.807, 2.05) is 6.92 Å². The summed E-state index contributed by atoms with van der Waals surface area (Å²) in [6.07, 6.45) is 4.16. The van der Waals surface area contributed by atoms with Gasteiger partial charge in [0.25, 0.3) is 0 Å². The summed E-state index contributed by atoms with van der Waals surface area (Å²) in [5, 5.41) is 9.69. The molecule has 0 radical (unpaired) electrons. The molecule has 0 unspecified atom stereocenters. The lowest BCUT2D eigenvalue weighted by Crippen LogP contribution is -2.38. The van der Waals surface area contributed by atoms with Crippen molar-refractivity contribution in [1.82, 2.24) is 20.4 Å². The summed E-state index contributed by atoms with van der Waals surface area (Å²) >= 11 is 0. The highest BCUT2D eigenvalue weighted by molar-refractivity contribution is 14.0. The van der Waals surface area contributed by atoms with Gasteiger partial charge in [0.05, 0.1) is 12.6 Å². The predicted molar refractivity (Wildman–Crippen MR) is 114 cm³/mol. The van der Waals surface area contributed by atoms with Gasteiger partial charge in [-0.3, -0.25) is 4.68 Å². The zero-order valence-electron chi connectivity index (χ0n) is 16.5. The van der Waals surface area contributed by atoms with E-state index >= 15 is 0 Å². The third kappa shape index (κ3) is 8.54. The van der Waals surface area contributed by atoms with Crippen molar-refractivity contribution in [3.8, 4) is 0 Å². The maximum Gasteiger partial charge on any atom is 0.435 e. The van der Waals surface area contributed by atoms with Crippen LogP contribution in [-0.2, 0) is 24.5 Å². The van der Waals surface area contributed by atoms with E-state index in [4.69, 9.17) is 4.74 Å². The highest BCUT2D eigenvalue weighted by Gasteiger charge is 2.36. The Hall–Kier alpha value is -1.04. The fourth-order valence-electron chi connectivity index (χ4n) is 3.16. The molecule has 10 heteroatoms. The van der Waals surface area contributed by atoms with Crippen molar-refractivity contribution < 1.29 is 17.9 Å². The number of nitrogens with one attached hydrogen (secondary N) is 2. The van der Waals surface area contributed by atoms with Crippen molar-refractivity contribution >= 4 is 29.9 Å². The van der Waals surface area contributed by atoms with Crippen LogP contribution in [0.25, 0.3) is 0 Å². The third-order valence-corrected chi connectivity index (χ3v) is 4.44. The molecule has 1 aliphatic carbocycles. The van der Waals surface area contributed by atoms with Gasteiger partial charge in [0, 0.05) is 38.5 Å². The standard InChI is InChI=1S/C18H30F3N5O.HI/c1-3-22-17(23-10-7-11-27-15-8-5-4-6-9-15)24-12-14-13-26(2)25-16(14)18(19,20)21;/h13,15H,3-12H2,1-2H3,(H2,22,23,24);1H. The maximum atomic E-state index is 13.0. The topological polar surface area (TPSA) is 63.5 Å². The van der Waals surface area contributed by atoms with Crippen LogP contribution in [0.5, 0.6) is 0 Å². The van der Waals surface area contributed by atoms with Crippen LogP contribution in [0.4, 0.5) is 13.2 Å². The van der Waals surface area contributed by atoms with E-state index in [0.29, 0.717) is 31.8 Å². The number of ether oxygens (including phenoxy) is 1. The molecule has 1 aliphatic rings. The van der Waals surface area contributed by atoms with Crippen LogP contribution in [0, 0.1) is 0 Å². The number of halogens is 4. The SMILES string of the molecule is CCNC(=NCc1cn(C)nc1C(F)(F)F)NCCCOC1CCCCC1.I. The van der Waals surface area contributed by atoms with Gasteiger partial charge in [-0.2, -0.15) is 18.3 Å². The molecule has 1 saturated carbocycles. The van der Waals surface area contributed by atoms with Gasteiger partial charge in [0.2, 0.25) is 0 Å². The van der Waals surface area contributed by atoms with Crippen molar-refractivity contribution in [2.24, 2.45) is 12.0 Å². The number of hydrogen-bond donors (Lipinski definition) is 2. The van der Waals surface area contributed by atoms with Gasteiger partial charge < -0.3 is 15.4 Å². The Morgan fingerprint density at radius 2 is 2.00 bits per heavy atom. The van der Waals surface area contributed by atoms with Crippen LogP contribution in [0.3, 0.4) is 0 Å². The van der Waals surface area contributed by atoms with Crippen LogP contribution < -0.4 is 10.6 Å². The van der Waals surface area contributed by atoms with Crippen LogP contribution >= 0.6 is 24.0 Å². The number of hydrogen-bond acceptors (Lipinski definition) is 3. The number of alkyl halides is 3. The molecule has 1 heterocycles. The first-order valence-electron chi connectivity index (χ1n) is 9.63.